The van der Waals surface area contributed by atoms with Crippen LogP contribution in [0.2, 0.25) is 0 Å². The summed E-state index contributed by atoms with van der Waals surface area (Å²) in [4.78, 5) is 11.9. The van der Waals surface area contributed by atoms with Gasteiger partial charge < -0.3 is 14.8 Å². The molecule has 4 nitrogen and oxygen atoms in total. The molecule has 5 heteroatoms. The van der Waals surface area contributed by atoms with Crippen molar-refractivity contribution >= 4 is 34.2 Å². The van der Waals surface area contributed by atoms with Crippen LogP contribution in [0.4, 0.5) is 5.69 Å². The van der Waals surface area contributed by atoms with Gasteiger partial charge >= 0.3 is 5.97 Å². The van der Waals surface area contributed by atoms with Crippen molar-refractivity contribution in [1.82, 2.24) is 0 Å². The molecule has 0 unspecified atom stereocenters. The number of anilines is 1. The number of carbonyl (C=O) groups excluding carboxylic acids is 1. The second-order valence-electron chi connectivity index (χ2n) is 5.71. The van der Waals surface area contributed by atoms with Crippen LogP contribution in [-0.2, 0) is 9.47 Å². The number of hydrogen-bond donors (Lipinski definition) is 1. The first-order chi connectivity index (χ1) is 11.8. The molecule has 0 bridgehead atoms. The molecule has 0 radical (unpaired) electrons. The Morgan fingerprint density at radius 2 is 1.75 bits per heavy atom. The molecule has 0 aromatic heterocycles. The molecule has 1 aromatic rings. The molecular weight excluding hydrogens is 417 g/mol. The minimum absolute atomic E-state index is 0.291. The number of esters is 1. The SMILES string of the molecule is CCCCNc1ccc(C(=O)OCCOCCCCCCI)cc1. The molecule has 24 heavy (non-hydrogen) atoms. The average Bonchev–Trinajstić information content (AvgIpc) is 2.61. The predicted molar refractivity (Wildman–Crippen MR) is 108 cm³/mol. The van der Waals surface area contributed by atoms with Gasteiger partial charge in [0.2, 0.25) is 0 Å². The first kappa shape index (κ1) is 21.2. The number of carbonyl (C=O) groups is 1. The molecule has 0 aliphatic carbocycles. The Morgan fingerprint density at radius 3 is 2.46 bits per heavy atom. The lowest BCUT2D eigenvalue weighted by Crippen LogP contribution is -2.11. The highest BCUT2D eigenvalue weighted by molar-refractivity contribution is 14.1. The summed E-state index contributed by atoms with van der Waals surface area (Å²) >= 11 is 2.40. The monoisotopic (exact) mass is 447 g/mol. The standard InChI is InChI=1S/C19H30INO3/c1-2-3-13-21-18-10-8-17(9-11-18)19(22)24-16-15-23-14-7-5-4-6-12-20/h8-11,21H,2-7,12-16H2,1H3. The number of alkyl halides is 1. The van der Waals surface area contributed by atoms with Gasteiger partial charge in [0.15, 0.2) is 0 Å². The van der Waals surface area contributed by atoms with Crippen LogP contribution in [0.5, 0.6) is 0 Å². The molecule has 0 aliphatic rings. The lowest BCUT2D eigenvalue weighted by atomic mass is 10.2. The summed E-state index contributed by atoms with van der Waals surface area (Å²) < 4.78 is 11.9. The summed E-state index contributed by atoms with van der Waals surface area (Å²) in [5.41, 5.74) is 1.61. The second-order valence-corrected chi connectivity index (χ2v) is 6.79. The molecule has 0 saturated heterocycles. The summed E-state index contributed by atoms with van der Waals surface area (Å²) in [5, 5.41) is 3.32. The Labute approximate surface area is 159 Å². The van der Waals surface area contributed by atoms with Crippen LogP contribution in [0, 0.1) is 0 Å². The Kier molecular flexibility index (Phi) is 12.8. The molecule has 0 aliphatic heterocycles. The zero-order chi connectivity index (χ0) is 17.5. The van der Waals surface area contributed by atoms with Crippen LogP contribution >= 0.6 is 22.6 Å². The van der Waals surface area contributed by atoms with Crippen LogP contribution in [0.1, 0.15) is 55.8 Å². The number of rotatable bonds is 14. The maximum atomic E-state index is 11.9. The third kappa shape index (κ3) is 10.1. The fraction of sp³-hybridized carbons (Fsp3) is 0.632. The van der Waals surface area contributed by atoms with Crippen LogP contribution in [0.3, 0.4) is 0 Å². The van der Waals surface area contributed by atoms with E-state index in [1.807, 2.05) is 12.1 Å². The lowest BCUT2D eigenvalue weighted by molar-refractivity contribution is 0.0312. The van der Waals surface area contributed by atoms with Gasteiger partial charge in [-0.15, -0.1) is 0 Å². The fourth-order valence-corrected chi connectivity index (χ4v) is 2.70. The molecule has 0 atom stereocenters. The van der Waals surface area contributed by atoms with E-state index in [2.05, 4.69) is 34.8 Å². The first-order valence-electron chi connectivity index (χ1n) is 8.92. The molecule has 0 spiro atoms. The summed E-state index contributed by atoms with van der Waals surface area (Å²) in [7, 11) is 0. The van der Waals surface area contributed by atoms with Crippen molar-refractivity contribution in [2.24, 2.45) is 0 Å². The third-order valence-corrected chi connectivity index (χ3v) is 4.38. The molecule has 1 rings (SSSR count). The molecule has 1 N–H and O–H groups in total. The van der Waals surface area contributed by atoms with Crippen molar-refractivity contribution in [2.75, 3.05) is 36.1 Å². The van der Waals surface area contributed by atoms with Crippen LogP contribution < -0.4 is 5.32 Å². The molecule has 0 saturated carbocycles. The highest BCUT2D eigenvalue weighted by Gasteiger charge is 2.06. The average molecular weight is 447 g/mol. The van der Waals surface area contributed by atoms with Gasteiger partial charge in [0.05, 0.1) is 12.2 Å². The van der Waals surface area contributed by atoms with Gasteiger partial charge in [-0.3, -0.25) is 0 Å². The van der Waals surface area contributed by atoms with Crippen molar-refractivity contribution in [3.8, 4) is 0 Å². The van der Waals surface area contributed by atoms with E-state index in [0.717, 1.165) is 38.1 Å². The minimum atomic E-state index is -0.291. The number of ether oxygens (including phenoxy) is 2. The minimum Gasteiger partial charge on any atom is -0.460 e. The Morgan fingerprint density at radius 1 is 1.00 bits per heavy atom. The molecular formula is C19H30INO3. The molecule has 1 aromatic carbocycles. The maximum Gasteiger partial charge on any atom is 0.338 e. The van der Waals surface area contributed by atoms with E-state index in [1.165, 1.54) is 23.7 Å². The van der Waals surface area contributed by atoms with E-state index in [0.29, 0.717) is 18.8 Å². The third-order valence-electron chi connectivity index (χ3n) is 3.61. The highest BCUT2D eigenvalue weighted by atomic mass is 127. The van der Waals surface area contributed by atoms with Gasteiger partial charge in [-0.05, 0) is 48.0 Å². The Hall–Kier alpha value is -0.820. The number of unbranched alkanes of at least 4 members (excludes halogenated alkanes) is 4. The largest absolute Gasteiger partial charge is 0.460 e. The van der Waals surface area contributed by atoms with Crippen LogP contribution in [-0.4, -0.2) is 36.8 Å². The van der Waals surface area contributed by atoms with E-state index in [9.17, 15) is 4.79 Å². The van der Waals surface area contributed by atoms with E-state index in [-0.39, 0.29) is 5.97 Å². The molecule has 0 heterocycles. The van der Waals surface area contributed by atoms with Crippen LogP contribution in [0.15, 0.2) is 24.3 Å². The zero-order valence-corrected chi connectivity index (χ0v) is 16.8. The van der Waals surface area contributed by atoms with Crippen LogP contribution in [0.25, 0.3) is 0 Å². The van der Waals surface area contributed by atoms with E-state index >= 15 is 0 Å². The van der Waals surface area contributed by atoms with Gasteiger partial charge in [0.25, 0.3) is 0 Å². The van der Waals surface area contributed by atoms with Gasteiger partial charge in [-0.25, -0.2) is 4.79 Å². The molecule has 136 valence electrons. The summed E-state index contributed by atoms with van der Waals surface area (Å²) in [6, 6.07) is 7.42. The zero-order valence-electron chi connectivity index (χ0n) is 14.7. The van der Waals surface area contributed by atoms with Crippen molar-refractivity contribution in [3.63, 3.8) is 0 Å². The van der Waals surface area contributed by atoms with E-state index in [1.54, 1.807) is 12.1 Å². The fourth-order valence-electron chi connectivity index (χ4n) is 2.16. The predicted octanol–water partition coefficient (Wildman–Crippen LogP) is 5.07. The van der Waals surface area contributed by atoms with Crippen molar-refractivity contribution in [1.29, 1.82) is 0 Å². The number of hydrogen-bond acceptors (Lipinski definition) is 4. The second kappa shape index (κ2) is 14.5. The van der Waals surface area contributed by atoms with Gasteiger partial charge in [-0.1, -0.05) is 48.8 Å². The smallest absolute Gasteiger partial charge is 0.338 e. The topological polar surface area (TPSA) is 47.6 Å². The Bertz CT molecular complexity index is 437. The van der Waals surface area contributed by atoms with Crippen molar-refractivity contribution < 1.29 is 14.3 Å². The quantitative estimate of drug-likeness (QED) is 0.187. The number of halogens is 1. The highest BCUT2D eigenvalue weighted by Crippen LogP contribution is 2.11. The van der Waals surface area contributed by atoms with E-state index < -0.39 is 0 Å². The summed E-state index contributed by atoms with van der Waals surface area (Å²) in [5.74, 6) is -0.291. The summed E-state index contributed by atoms with van der Waals surface area (Å²) in [6.45, 7) is 4.64. The lowest BCUT2D eigenvalue weighted by Gasteiger charge is -2.08. The van der Waals surface area contributed by atoms with Crippen molar-refractivity contribution in [2.45, 2.75) is 45.4 Å². The Balaban J connectivity index is 2.10. The van der Waals surface area contributed by atoms with Gasteiger partial charge in [0, 0.05) is 18.8 Å². The first-order valence-corrected chi connectivity index (χ1v) is 10.4. The number of nitrogens with one attached hydrogen (secondary N) is 1. The summed E-state index contributed by atoms with van der Waals surface area (Å²) in [6.07, 6.45) is 7.15. The number of benzene rings is 1. The van der Waals surface area contributed by atoms with E-state index in [4.69, 9.17) is 9.47 Å². The van der Waals surface area contributed by atoms with Gasteiger partial charge in [-0.2, -0.15) is 0 Å². The maximum absolute atomic E-state index is 11.9. The molecule has 0 amide bonds. The molecule has 0 fully saturated rings. The van der Waals surface area contributed by atoms with Crippen molar-refractivity contribution in [3.05, 3.63) is 29.8 Å². The normalized spacial score (nSPS) is 10.6. The van der Waals surface area contributed by atoms with Gasteiger partial charge in [0.1, 0.15) is 6.61 Å².